The van der Waals surface area contributed by atoms with Crippen LogP contribution in [0.1, 0.15) is 30.0 Å². The first-order chi connectivity index (χ1) is 10.3. The summed E-state index contributed by atoms with van der Waals surface area (Å²) in [6, 6.07) is 16.7. The lowest BCUT2D eigenvalue weighted by atomic mass is 9.96. The lowest BCUT2D eigenvalue weighted by molar-refractivity contribution is 0.472. The molecule has 0 bridgehead atoms. The number of rotatable bonds is 5. The van der Waals surface area contributed by atoms with Crippen molar-refractivity contribution in [2.45, 2.75) is 25.8 Å². The van der Waals surface area contributed by atoms with Crippen LogP contribution in [0.2, 0.25) is 0 Å². The van der Waals surface area contributed by atoms with E-state index in [9.17, 15) is 0 Å². The van der Waals surface area contributed by atoms with E-state index in [2.05, 4.69) is 41.5 Å². The van der Waals surface area contributed by atoms with E-state index in [1.165, 1.54) is 11.1 Å². The fraction of sp³-hybridized carbons (Fsp3) is 0.278. The van der Waals surface area contributed by atoms with E-state index in [1.807, 2.05) is 31.3 Å². The number of hydrogen-bond acceptors (Lipinski definition) is 3. The van der Waals surface area contributed by atoms with E-state index in [0.29, 0.717) is 0 Å². The third kappa shape index (κ3) is 2.83. The summed E-state index contributed by atoms with van der Waals surface area (Å²) >= 11 is 0. The van der Waals surface area contributed by atoms with Gasteiger partial charge in [-0.25, -0.2) is 4.98 Å². The van der Waals surface area contributed by atoms with Gasteiger partial charge < -0.3 is 9.73 Å². The van der Waals surface area contributed by atoms with E-state index in [1.54, 1.807) is 0 Å². The number of hydrogen-bond donors (Lipinski definition) is 1. The number of nitrogens with zero attached hydrogens (tertiary/aromatic N) is 1. The maximum absolute atomic E-state index is 5.84. The lowest BCUT2D eigenvalue weighted by Crippen LogP contribution is -2.20. The SMILES string of the molecule is CCc1ccccc1C(Cc1nc2ccccc2o1)NC. The topological polar surface area (TPSA) is 38.1 Å². The second-order valence-corrected chi connectivity index (χ2v) is 5.17. The van der Waals surface area contributed by atoms with Crippen LogP contribution in [0.4, 0.5) is 0 Å². The molecule has 3 nitrogen and oxygen atoms in total. The predicted octanol–water partition coefficient (Wildman–Crippen LogP) is 3.89. The van der Waals surface area contributed by atoms with Gasteiger partial charge in [0.2, 0.25) is 0 Å². The first-order valence-electron chi connectivity index (χ1n) is 7.41. The highest BCUT2D eigenvalue weighted by molar-refractivity contribution is 5.72. The average molecular weight is 280 g/mol. The number of nitrogens with one attached hydrogen (secondary N) is 1. The Hall–Kier alpha value is -2.13. The van der Waals surface area contributed by atoms with Crippen LogP contribution in [0, 0.1) is 0 Å². The summed E-state index contributed by atoms with van der Waals surface area (Å²) in [7, 11) is 1.99. The first-order valence-corrected chi connectivity index (χ1v) is 7.41. The molecule has 0 aliphatic rings. The molecule has 3 heteroatoms. The minimum atomic E-state index is 0.217. The Morgan fingerprint density at radius 2 is 1.86 bits per heavy atom. The zero-order valence-corrected chi connectivity index (χ0v) is 12.5. The Balaban J connectivity index is 1.90. The van der Waals surface area contributed by atoms with Gasteiger partial charge in [-0.2, -0.15) is 0 Å². The van der Waals surface area contributed by atoms with Gasteiger partial charge in [0, 0.05) is 12.5 Å². The Bertz CT molecular complexity index is 700. The molecule has 108 valence electrons. The fourth-order valence-electron chi connectivity index (χ4n) is 2.75. The molecular formula is C18H20N2O. The quantitative estimate of drug-likeness (QED) is 0.770. The van der Waals surface area contributed by atoms with Gasteiger partial charge in [-0.3, -0.25) is 0 Å². The largest absolute Gasteiger partial charge is 0.441 e. The number of fused-ring (bicyclic) bond motifs is 1. The molecule has 0 saturated carbocycles. The number of benzene rings is 2. The first kappa shape index (κ1) is 13.8. The summed E-state index contributed by atoms with van der Waals surface area (Å²) in [5.41, 5.74) is 4.47. The Morgan fingerprint density at radius 3 is 2.62 bits per heavy atom. The summed E-state index contributed by atoms with van der Waals surface area (Å²) < 4.78 is 5.84. The van der Waals surface area contributed by atoms with E-state index in [4.69, 9.17) is 4.42 Å². The van der Waals surface area contributed by atoms with Gasteiger partial charge in [-0.1, -0.05) is 43.3 Å². The van der Waals surface area contributed by atoms with Gasteiger partial charge in [0.25, 0.3) is 0 Å². The third-order valence-corrected chi connectivity index (χ3v) is 3.88. The molecule has 0 aliphatic heterocycles. The smallest absolute Gasteiger partial charge is 0.197 e. The van der Waals surface area contributed by atoms with Crippen molar-refractivity contribution in [2.75, 3.05) is 7.05 Å². The predicted molar refractivity (Wildman–Crippen MR) is 85.3 cm³/mol. The van der Waals surface area contributed by atoms with Crippen LogP contribution < -0.4 is 5.32 Å². The normalized spacial score (nSPS) is 12.7. The van der Waals surface area contributed by atoms with Crippen molar-refractivity contribution in [2.24, 2.45) is 0 Å². The Labute approximate surface area is 125 Å². The van der Waals surface area contributed by atoms with E-state index >= 15 is 0 Å². The monoisotopic (exact) mass is 280 g/mol. The zero-order valence-electron chi connectivity index (χ0n) is 12.5. The van der Waals surface area contributed by atoms with Crippen molar-refractivity contribution in [1.82, 2.24) is 10.3 Å². The second kappa shape index (κ2) is 6.10. The molecule has 0 spiro atoms. The minimum Gasteiger partial charge on any atom is -0.441 e. The van der Waals surface area contributed by atoms with Crippen molar-refractivity contribution in [3.8, 4) is 0 Å². The minimum absolute atomic E-state index is 0.217. The number of oxazole rings is 1. The third-order valence-electron chi connectivity index (χ3n) is 3.88. The van der Waals surface area contributed by atoms with Crippen LogP contribution >= 0.6 is 0 Å². The maximum atomic E-state index is 5.84. The average Bonchev–Trinajstić information content (AvgIpc) is 2.95. The summed E-state index contributed by atoms with van der Waals surface area (Å²) in [5.74, 6) is 0.779. The van der Waals surface area contributed by atoms with E-state index < -0.39 is 0 Å². The van der Waals surface area contributed by atoms with Crippen LogP contribution in [-0.2, 0) is 12.8 Å². The molecule has 0 saturated heterocycles. The number of aromatic nitrogens is 1. The maximum Gasteiger partial charge on any atom is 0.197 e. The summed E-state index contributed by atoms with van der Waals surface area (Å²) in [6.07, 6.45) is 1.78. The van der Waals surface area contributed by atoms with Crippen LogP contribution in [-0.4, -0.2) is 12.0 Å². The molecule has 1 unspecified atom stereocenters. The number of para-hydroxylation sites is 2. The van der Waals surface area contributed by atoms with Crippen molar-refractivity contribution in [3.63, 3.8) is 0 Å². The van der Waals surface area contributed by atoms with Gasteiger partial charge in [0.15, 0.2) is 11.5 Å². The van der Waals surface area contributed by atoms with Crippen LogP contribution in [0.15, 0.2) is 52.9 Å². The number of likely N-dealkylation sites (N-methyl/N-ethyl adjacent to an activating group) is 1. The van der Waals surface area contributed by atoms with Crippen molar-refractivity contribution >= 4 is 11.1 Å². The molecule has 1 N–H and O–H groups in total. The van der Waals surface area contributed by atoms with E-state index in [0.717, 1.165) is 29.8 Å². The molecule has 3 rings (SSSR count). The molecule has 0 fully saturated rings. The molecule has 0 aliphatic carbocycles. The Morgan fingerprint density at radius 1 is 1.10 bits per heavy atom. The van der Waals surface area contributed by atoms with Gasteiger partial charge >= 0.3 is 0 Å². The molecule has 1 aromatic heterocycles. The highest BCUT2D eigenvalue weighted by Crippen LogP contribution is 2.24. The summed E-state index contributed by atoms with van der Waals surface area (Å²) in [5, 5.41) is 3.39. The van der Waals surface area contributed by atoms with Crippen LogP contribution in [0.25, 0.3) is 11.1 Å². The molecular weight excluding hydrogens is 260 g/mol. The van der Waals surface area contributed by atoms with Crippen molar-refractivity contribution < 1.29 is 4.42 Å². The molecule has 0 amide bonds. The molecule has 1 atom stereocenters. The van der Waals surface area contributed by atoms with E-state index in [-0.39, 0.29) is 6.04 Å². The molecule has 1 heterocycles. The number of aryl methyl sites for hydroxylation is 1. The summed E-state index contributed by atoms with van der Waals surface area (Å²) in [6.45, 7) is 2.19. The van der Waals surface area contributed by atoms with Gasteiger partial charge in [-0.15, -0.1) is 0 Å². The highest BCUT2D eigenvalue weighted by atomic mass is 16.3. The Kier molecular flexibility index (Phi) is 4.02. The molecule has 2 aromatic carbocycles. The van der Waals surface area contributed by atoms with Crippen LogP contribution in [0.5, 0.6) is 0 Å². The molecule has 3 aromatic rings. The standard InChI is InChI=1S/C18H20N2O/c1-3-13-8-4-5-9-14(13)16(19-2)12-18-20-15-10-6-7-11-17(15)21-18/h4-11,16,19H,3,12H2,1-2H3. The fourth-order valence-corrected chi connectivity index (χ4v) is 2.75. The zero-order chi connectivity index (χ0) is 14.7. The summed E-state index contributed by atoms with van der Waals surface area (Å²) in [4.78, 5) is 4.57. The second-order valence-electron chi connectivity index (χ2n) is 5.17. The highest BCUT2D eigenvalue weighted by Gasteiger charge is 2.16. The molecule has 21 heavy (non-hydrogen) atoms. The van der Waals surface area contributed by atoms with Gasteiger partial charge in [-0.05, 0) is 36.7 Å². The molecule has 0 radical (unpaired) electrons. The van der Waals surface area contributed by atoms with Crippen molar-refractivity contribution in [1.29, 1.82) is 0 Å². The van der Waals surface area contributed by atoms with Crippen LogP contribution in [0.3, 0.4) is 0 Å². The van der Waals surface area contributed by atoms with Crippen molar-refractivity contribution in [3.05, 3.63) is 65.5 Å². The van der Waals surface area contributed by atoms with Gasteiger partial charge in [0.05, 0.1) is 0 Å². The van der Waals surface area contributed by atoms with Gasteiger partial charge in [0.1, 0.15) is 5.52 Å². The lowest BCUT2D eigenvalue weighted by Gasteiger charge is -2.18.